The van der Waals surface area contributed by atoms with E-state index >= 15 is 0 Å². The van der Waals surface area contributed by atoms with Gasteiger partial charge in [0.2, 0.25) is 15.8 Å². The minimum absolute atomic E-state index is 0.000449. The number of halogens is 3. The zero-order valence-corrected chi connectivity index (χ0v) is 17.6. The van der Waals surface area contributed by atoms with Crippen LogP contribution in [0.3, 0.4) is 0 Å². The van der Waals surface area contributed by atoms with Crippen LogP contribution in [0.1, 0.15) is 68.4 Å². The van der Waals surface area contributed by atoms with E-state index in [1.54, 1.807) is 0 Å². The molecule has 1 heterocycles. The van der Waals surface area contributed by atoms with Gasteiger partial charge in [0, 0.05) is 11.1 Å². The van der Waals surface area contributed by atoms with E-state index in [-0.39, 0.29) is 22.8 Å². The zero-order valence-electron chi connectivity index (χ0n) is 16.8. The monoisotopic (exact) mass is 458 g/mol. The van der Waals surface area contributed by atoms with Crippen LogP contribution >= 0.6 is 0 Å². The fraction of sp³-hybridized carbons (Fsp3) is 0.632. The van der Waals surface area contributed by atoms with Gasteiger partial charge < -0.3 is 5.73 Å². The van der Waals surface area contributed by atoms with Gasteiger partial charge in [-0.05, 0) is 80.0 Å². The van der Waals surface area contributed by atoms with Crippen LogP contribution in [0.4, 0.5) is 13.2 Å². The van der Waals surface area contributed by atoms with Crippen LogP contribution in [0, 0.1) is 5.92 Å². The molecule has 2 saturated carbocycles. The molecule has 0 bridgehead atoms. The largest absolute Gasteiger partial charge is 0.417 e. The van der Waals surface area contributed by atoms with Crippen LogP contribution < -0.4 is 10.9 Å². The van der Waals surface area contributed by atoms with Crippen LogP contribution in [0.15, 0.2) is 17.0 Å². The number of hydrogen-bond donors (Lipinski definition) is 3. The number of nitrogens with zero attached hydrogens (tertiary/aromatic N) is 3. The first kappa shape index (κ1) is 22.2. The fourth-order valence-electron chi connectivity index (χ4n) is 4.62. The van der Waals surface area contributed by atoms with Gasteiger partial charge in [-0.25, -0.2) is 13.6 Å². The molecule has 2 aromatic rings. The molecule has 0 amide bonds. The molecule has 2 fully saturated rings. The third kappa shape index (κ3) is 4.75. The van der Waals surface area contributed by atoms with Crippen molar-refractivity contribution in [3.05, 3.63) is 23.3 Å². The van der Waals surface area contributed by atoms with Gasteiger partial charge in [-0.3, -0.25) is 0 Å². The standard InChI is InChI=1S/C19H25F3N6O2S/c20-19(21,22)14-6-5-13(15(16(14)31(24,29)30)17-25-27-28-26-17)12-3-1-11(2-4-12)7-8-18(23)9-10-18/h5-6,11-12H,1-4,7-10,23H2,(H2,24,29,30)(H,25,26,27,28). The van der Waals surface area contributed by atoms with Crippen molar-refractivity contribution in [1.82, 2.24) is 20.6 Å². The first-order chi connectivity index (χ1) is 14.5. The number of aromatic nitrogens is 4. The summed E-state index contributed by atoms with van der Waals surface area (Å²) in [6.07, 6.45) is 2.51. The van der Waals surface area contributed by atoms with Crippen LogP contribution in [0.5, 0.6) is 0 Å². The van der Waals surface area contributed by atoms with E-state index < -0.39 is 26.7 Å². The summed E-state index contributed by atoms with van der Waals surface area (Å²) < 4.78 is 65.4. The summed E-state index contributed by atoms with van der Waals surface area (Å²) in [5.74, 6) is 0.171. The highest BCUT2D eigenvalue weighted by atomic mass is 32.2. The maximum absolute atomic E-state index is 13.6. The molecule has 0 saturated heterocycles. The number of nitrogens with one attached hydrogen (secondary N) is 1. The van der Waals surface area contributed by atoms with E-state index in [0.29, 0.717) is 11.5 Å². The number of tetrazole rings is 1. The Morgan fingerprint density at radius 1 is 1.16 bits per heavy atom. The van der Waals surface area contributed by atoms with Gasteiger partial charge in [-0.1, -0.05) is 6.07 Å². The molecule has 2 aliphatic carbocycles. The summed E-state index contributed by atoms with van der Waals surface area (Å²) in [7, 11) is -4.72. The molecule has 5 N–H and O–H groups in total. The number of nitrogens with two attached hydrogens (primary N) is 2. The summed E-state index contributed by atoms with van der Waals surface area (Å²) in [5, 5.41) is 18.4. The van der Waals surface area contributed by atoms with Crippen molar-refractivity contribution in [1.29, 1.82) is 0 Å². The maximum Gasteiger partial charge on any atom is 0.417 e. The number of primary sulfonamides is 1. The van der Waals surface area contributed by atoms with Crippen molar-refractivity contribution in [2.45, 2.75) is 73.9 Å². The summed E-state index contributed by atoms with van der Waals surface area (Å²) in [6.45, 7) is 0. The first-order valence-corrected chi connectivity index (χ1v) is 11.8. The second-order valence-corrected chi connectivity index (χ2v) is 10.3. The lowest BCUT2D eigenvalue weighted by Gasteiger charge is -2.31. The maximum atomic E-state index is 13.6. The molecule has 0 unspecified atom stereocenters. The van der Waals surface area contributed by atoms with Gasteiger partial charge in [-0.15, -0.1) is 10.2 Å². The van der Waals surface area contributed by atoms with Gasteiger partial charge in [-0.2, -0.15) is 18.4 Å². The Morgan fingerprint density at radius 2 is 1.84 bits per heavy atom. The Kier molecular flexibility index (Phi) is 5.59. The summed E-state index contributed by atoms with van der Waals surface area (Å²) >= 11 is 0. The van der Waals surface area contributed by atoms with E-state index in [0.717, 1.165) is 57.4 Å². The average molecular weight is 459 g/mol. The van der Waals surface area contributed by atoms with Crippen molar-refractivity contribution in [2.24, 2.45) is 16.8 Å². The van der Waals surface area contributed by atoms with E-state index in [4.69, 9.17) is 10.9 Å². The number of alkyl halides is 3. The zero-order chi connectivity index (χ0) is 22.4. The Morgan fingerprint density at radius 3 is 2.35 bits per heavy atom. The smallest absolute Gasteiger partial charge is 0.325 e. The molecule has 1 aromatic carbocycles. The topological polar surface area (TPSA) is 141 Å². The Bertz CT molecular complexity index is 1040. The average Bonchev–Trinajstić information content (AvgIpc) is 3.20. The molecule has 1 aromatic heterocycles. The third-order valence-corrected chi connectivity index (χ3v) is 7.57. The predicted molar refractivity (Wildman–Crippen MR) is 106 cm³/mol. The highest BCUT2D eigenvalue weighted by Crippen LogP contribution is 2.46. The van der Waals surface area contributed by atoms with E-state index in [1.165, 1.54) is 6.07 Å². The van der Waals surface area contributed by atoms with Crippen molar-refractivity contribution < 1.29 is 21.6 Å². The number of sulfonamides is 1. The Balaban J connectivity index is 1.68. The molecule has 0 aliphatic heterocycles. The first-order valence-electron chi connectivity index (χ1n) is 10.3. The third-order valence-electron chi connectivity index (χ3n) is 6.58. The molecular formula is C19H25F3N6O2S. The summed E-state index contributed by atoms with van der Waals surface area (Å²) in [6, 6.07) is 2.11. The molecule has 31 heavy (non-hydrogen) atoms. The van der Waals surface area contributed by atoms with Gasteiger partial charge in [0.25, 0.3) is 0 Å². The van der Waals surface area contributed by atoms with E-state index in [9.17, 15) is 21.6 Å². The van der Waals surface area contributed by atoms with Crippen LogP contribution in [-0.2, 0) is 16.2 Å². The molecule has 0 spiro atoms. The van der Waals surface area contributed by atoms with Gasteiger partial charge in [0.1, 0.15) is 4.90 Å². The summed E-state index contributed by atoms with van der Waals surface area (Å²) in [5.41, 5.74) is 5.09. The van der Waals surface area contributed by atoms with Crippen LogP contribution in [0.25, 0.3) is 11.4 Å². The van der Waals surface area contributed by atoms with E-state index in [2.05, 4.69) is 20.6 Å². The lowest BCUT2D eigenvalue weighted by molar-refractivity contribution is -0.139. The Labute approximate surface area is 178 Å². The van der Waals surface area contributed by atoms with Crippen molar-refractivity contribution >= 4 is 10.0 Å². The molecule has 0 atom stereocenters. The van der Waals surface area contributed by atoms with Crippen LogP contribution in [0.2, 0.25) is 0 Å². The normalized spacial score (nSPS) is 23.6. The molecule has 0 radical (unpaired) electrons. The fourth-order valence-corrected chi connectivity index (χ4v) is 5.60. The van der Waals surface area contributed by atoms with Crippen molar-refractivity contribution in [3.63, 3.8) is 0 Å². The van der Waals surface area contributed by atoms with E-state index in [1.807, 2.05) is 0 Å². The number of rotatable bonds is 6. The van der Waals surface area contributed by atoms with Crippen molar-refractivity contribution in [3.8, 4) is 11.4 Å². The lowest BCUT2D eigenvalue weighted by atomic mass is 9.75. The number of aromatic amines is 1. The number of hydrogen-bond acceptors (Lipinski definition) is 6. The van der Waals surface area contributed by atoms with Gasteiger partial charge in [0.15, 0.2) is 0 Å². The number of H-pyrrole nitrogens is 1. The highest BCUT2D eigenvalue weighted by Gasteiger charge is 2.41. The minimum Gasteiger partial charge on any atom is -0.325 e. The Hall–Kier alpha value is -2.05. The SMILES string of the molecule is NC1(CCC2CCC(c3ccc(C(F)(F)F)c(S(N)(=O)=O)c3-c3nn[nH]n3)CC2)CC1. The van der Waals surface area contributed by atoms with Crippen LogP contribution in [-0.4, -0.2) is 34.6 Å². The predicted octanol–water partition coefficient (Wildman–Crippen LogP) is 3.08. The molecule has 12 heteroatoms. The van der Waals surface area contributed by atoms with Crippen molar-refractivity contribution in [2.75, 3.05) is 0 Å². The quantitative estimate of drug-likeness (QED) is 0.608. The summed E-state index contributed by atoms with van der Waals surface area (Å²) in [4.78, 5) is -1.00. The van der Waals surface area contributed by atoms with Gasteiger partial charge >= 0.3 is 6.18 Å². The second kappa shape index (κ2) is 7.82. The molecule has 8 nitrogen and oxygen atoms in total. The molecule has 2 aliphatic rings. The molecule has 170 valence electrons. The molecule has 4 rings (SSSR count). The molecular weight excluding hydrogens is 433 g/mol. The lowest BCUT2D eigenvalue weighted by Crippen LogP contribution is -2.24. The van der Waals surface area contributed by atoms with Gasteiger partial charge in [0.05, 0.1) is 5.56 Å². The number of benzene rings is 1. The second-order valence-electron chi connectivity index (χ2n) is 8.80. The minimum atomic E-state index is -4.91. The highest BCUT2D eigenvalue weighted by molar-refractivity contribution is 7.89.